The quantitative estimate of drug-likeness (QED) is 0.714. The Balaban J connectivity index is 2.23. The van der Waals surface area contributed by atoms with Gasteiger partial charge in [-0.2, -0.15) is 0 Å². The summed E-state index contributed by atoms with van der Waals surface area (Å²) in [6, 6.07) is 1.49. The van der Waals surface area contributed by atoms with E-state index < -0.39 is 0 Å². The summed E-state index contributed by atoms with van der Waals surface area (Å²) in [4.78, 5) is 40.7. The Kier molecular flexibility index (Phi) is 6.41. The van der Waals surface area contributed by atoms with Crippen LogP contribution in [0.25, 0.3) is 0 Å². The summed E-state index contributed by atoms with van der Waals surface area (Å²) in [6.45, 7) is 4.66. The Morgan fingerprint density at radius 3 is 2.76 bits per heavy atom. The number of ether oxygens (including phenoxy) is 1. The first-order chi connectivity index (χ1) is 11.9. The third kappa shape index (κ3) is 4.12. The number of amides is 1. The summed E-state index contributed by atoms with van der Waals surface area (Å²) in [5, 5.41) is 0. The van der Waals surface area contributed by atoms with Crippen LogP contribution >= 0.6 is 0 Å². The lowest BCUT2D eigenvalue weighted by Crippen LogP contribution is -2.47. The smallest absolute Gasteiger partial charge is 0.332 e. The minimum Gasteiger partial charge on any atom is -0.383 e. The molecule has 0 aliphatic carbocycles. The first-order valence-corrected chi connectivity index (χ1v) is 8.70. The highest BCUT2D eigenvalue weighted by atomic mass is 16.5. The SMILES string of the molecule is CCn1c(N2CCCC(C(=O)N(C)CCOC)C2)cc(=O)n(C)c1=O. The fourth-order valence-corrected chi connectivity index (χ4v) is 3.25. The highest BCUT2D eigenvalue weighted by molar-refractivity contribution is 5.79. The second-order valence-electron chi connectivity index (χ2n) is 6.46. The number of likely N-dealkylation sites (N-methyl/N-ethyl adjacent to an activating group) is 1. The number of hydrogen-bond donors (Lipinski definition) is 0. The molecule has 1 unspecified atom stereocenters. The Hall–Kier alpha value is -2.09. The zero-order valence-corrected chi connectivity index (χ0v) is 15.5. The normalized spacial score (nSPS) is 17.6. The van der Waals surface area contributed by atoms with Crippen LogP contribution in [0.5, 0.6) is 0 Å². The molecule has 1 amide bonds. The van der Waals surface area contributed by atoms with E-state index in [1.54, 1.807) is 23.6 Å². The average Bonchev–Trinajstić information content (AvgIpc) is 2.63. The van der Waals surface area contributed by atoms with Crippen LogP contribution in [0.3, 0.4) is 0 Å². The number of aromatic nitrogens is 2. The van der Waals surface area contributed by atoms with Gasteiger partial charge in [-0.3, -0.25) is 18.7 Å². The van der Waals surface area contributed by atoms with Crippen molar-refractivity contribution >= 4 is 11.7 Å². The lowest BCUT2D eigenvalue weighted by molar-refractivity contribution is -0.135. The lowest BCUT2D eigenvalue weighted by Gasteiger charge is -2.36. The van der Waals surface area contributed by atoms with Gasteiger partial charge in [-0.1, -0.05) is 0 Å². The number of nitrogens with zero attached hydrogens (tertiary/aromatic N) is 4. The standard InChI is InChI=1S/C17H28N4O4/c1-5-21-14(11-15(22)19(3)17(21)24)20-8-6-7-13(12-20)16(23)18(2)9-10-25-4/h11,13H,5-10,12H2,1-4H3. The van der Waals surface area contributed by atoms with Gasteiger partial charge in [0.2, 0.25) is 5.91 Å². The molecular formula is C17H28N4O4. The predicted molar refractivity (Wildman–Crippen MR) is 96.1 cm³/mol. The van der Waals surface area contributed by atoms with Crippen molar-refractivity contribution in [2.45, 2.75) is 26.3 Å². The Morgan fingerprint density at radius 2 is 2.12 bits per heavy atom. The molecule has 0 spiro atoms. The van der Waals surface area contributed by atoms with Crippen molar-refractivity contribution in [3.63, 3.8) is 0 Å². The summed E-state index contributed by atoms with van der Waals surface area (Å²) in [5.74, 6) is 0.545. The van der Waals surface area contributed by atoms with Crippen molar-refractivity contribution in [2.24, 2.45) is 13.0 Å². The Morgan fingerprint density at radius 1 is 1.40 bits per heavy atom. The van der Waals surface area contributed by atoms with Crippen molar-refractivity contribution < 1.29 is 9.53 Å². The van der Waals surface area contributed by atoms with Crippen molar-refractivity contribution in [1.29, 1.82) is 0 Å². The molecule has 0 radical (unpaired) electrons. The fourth-order valence-electron chi connectivity index (χ4n) is 3.25. The maximum Gasteiger partial charge on any atom is 0.332 e. The van der Waals surface area contributed by atoms with Gasteiger partial charge in [0.05, 0.1) is 12.5 Å². The second-order valence-corrected chi connectivity index (χ2v) is 6.46. The fraction of sp³-hybridized carbons (Fsp3) is 0.706. The van der Waals surface area contributed by atoms with Crippen LogP contribution < -0.4 is 16.1 Å². The molecule has 1 aromatic rings. The van der Waals surface area contributed by atoms with Crippen LogP contribution in [0.1, 0.15) is 19.8 Å². The van der Waals surface area contributed by atoms with Crippen LogP contribution in [0.4, 0.5) is 5.82 Å². The molecule has 1 aliphatic heterocycles. The van der Waals surface area contributed by atoms with E-state index in [0.717, 1.165) is 24.0 Å². The number of anilines is 1. The Labute approximate surface area is 147 Å². The average molecular weight is 352 g/mol. The van der Waals surface area contributed by atoms with Crippen molar-refractivity contribution in [3.05, 3.63) is 26.9 Å². The molecule has 1 atom stereocenters. The van der Waals surface area contributed by atoms with E-state index >= 15 is 0 Å². The molecule has 8 nitrogen and oxygen atoms in total. The predicted octanol–water partition coefficient (Wildman–Crippen LogP) is -0.112. The van der Waals surface area contributed by atoms with Gasteiger partial charge in [-0.25, -0.2) is 4.79 Å². The molecule has 1 fully saturated rings. The second kappa shape index (κ2) is 8.33. The largest absolute Gasteiger partial charge is 0.383 e. The Bertz CT molecular complexity index is 724. The number of hydrogen-bond acceptors (Lipinski definition) is 5. The zero-order valence-electron chi connectivity index (χ0n) is 15.5. The van der Waals surface area contributed by atoms with Crippen LogP contribution in [0.15, 0.2) is 15.7 Å². The summed E-state index contributed by atoms with van der Waals surface area (Å²) in [5.41, 5.74) is -0.647. The van der Waals surface area contributed by atoms with Crippen molar-refractivity contribution in [2.75, 3.05) is 45.3 Å². The number of methoxy groups -OCH3 is 1. The number of rotatable bonds is 6. The molecule has 0 bridgehead atoms. The van der Waals surface area contributed by atoms with E-state index in [-0.39, 0.29) is 23.1 Å². The van der Waals surface area contributed by atoms with E-state index in [2.05, 4.69) is 0 Å². The minimum atomic E-state index is -0.324. The van der Waals surface area contributed by atoms with Crippen LogP contribution in [-0.4, -0.2) is 60.3 Å². The van der Waals surface area contributed by atoms with Gasteiger partial charge in [0.1, 0.15) is 5.82 Å². The summed E-state index contributed by atoms with van der Waals surface area (Å²) >= 11 is 0. The van der Waals surface area contributed by atoms with Gasteiger partial charge >= 0.3 is 5.69 Å². The molecule has 8 heteroatoms. The van der Waals surface area contributed by atoms with E-state index in [0.29, 0.717) is 32.1 Å². The maximum atomic E-state index is 12.6. The van der Waals surface area contributed by atoms with Crippen LogP contribution in [-0.2, 0) is 23.1 Å². The number of carbonyl (C=O) groups excluding carboxylic acids is 1. The summed E-state index contributed by atoms with van der Waals surface area (Å²) in [7, 11) is 4.87. The molecule has 1 saturated heterocycles. The molecule has 1 aromatic heterocycles. The van der Waals surface area contributed by atoms with E-state index in [1.165, 1.54) is 13.1 Å². The van der Waals surface area contributed by atoms with Gasteiger partial charge < -0.3 is 14.5 Å². The molecular weight excluding hydrogens is 324 g/mol. The van der Waals surface area contributed by atoms with Gasteiger partial charge in [-0.15, -0.1) is 0 Å². The van der Waals surface area contributed by atoms with Crippen molar-refractivity contribution in [3.8, 4) is 0 Å². The van der Waals surface area contributed by atoms with Gasteiger partial charge in [0.25, 0.3) is 5.56 Å². The van der Waals surface area contributed by atoms with E-state index in [4.69, 9.17) is 4.74 Å². The van der Waals surface area contributed by atoms with E-state index in [9.17, 15) is 14.4 Å². The molecule has 140 valence electrons. The molecule has 2 rings (SSSR count). The maximum absolute atomic E-state index is 12.6. The first kappa shape index (κ1) is 19.2. The zero-order chi connectivity index (χ0) is 18.6. The third-order valence-corrected chi connectivity index (χ3v) is 4.80. The van der Waals surface area contributed by atoms with Gasteiger partial charge in [0.15, 0.2) is 0 Å². The highest BCUT2D eigenvalue weighted by Crippen LogP contribution is 2.23. The minimum absolute atomic E-state index is 0.0796. The van der Waals surface area contributed by atoms with Crippen LogP contribution in [0, 0.1) is 5.92 Å². The molecule has 2 heterocycles. The molecule has 25 heavy (non-hydrogen) atoms. The molecule has 0 aromatic carbocycles. The summed E-state index contributed by atoms with van der Waals surface area (Å²) < 4.78 is 7.72. The highest BCUT2D eigenvalue weighted by Gasteiger charge is 2.29. The van der Waals surface area contributed by atoms with E-state index in [1.807, 2.05) is 11.8 Å². The molecule has 1 aliphatic rings. The van der Waals surface area contributed by atoms with Crippen molar-refractivity contribution in [1.82, 2.24) is 14.0 Å². The monoisotopic (exact) mass is 352 g/mol. The number of piperidine rings is 1. The first-order valence-electron chi connectivity index (χ1n) is 8.70. The lowest BCUT2D eigenvalue weighted by atomic mass is 9.96. The molecule has 0 saturated carbocycles. The van der Waals surface area contributed by atoms with Crippen LogP contribution in [0.2, 0.25) is 0 Å². The molecule has 0 N–H and O–H groups in total. The number of carbonyl (C=O) groups is 1. The summed E-state index contributed by atoms with van der Waals surface area (Å²) in [6.07, 6.45) is 1.66. The topological polar surface area (TPSA) is 76.8 Å². The van der Waals surface area contributed by atoms with Gasteiger partial charge in [-0.05, 0) is 19.8 Å². The third-order valence-electron chi connectivity index (χ3n) is 4.80. The van der Waals surface area contributed by atoms with Gasteiger partial charge in [0, 0.05) is 53.5 Å².